The highest BCUT2D eigenvalue weighted by molar-refractivity contribution is 5.09. The summed E-state index contributed by atoms with van der Waals surface area (Å²) in [5.41, 5.74) is 1.12. The molecule has 0 spiro atoms. The molecule has 10 atom stereocenters. The molecule has 1 unspecified atom stereocenters. The molecule has 0 heterocycles. The van der Waals surface area contributed by atoms with Crippen LogP contribution in [0.25, 0.3) is 0 Å². The van der Waals surface area contributed by atoms with Crippen molar-refractivity contribution in [1.29, 1.82) is 0 Å². The van der Waals surface area contributed by atoms with Crippen molar-refractivity contribution in [2.75, 3.05) is 7.11 Å². The number of hydrogen-bond acceptors (Lipinski definition) is 2. The fourth-order valence-electron chi connectivity index (χ4n) is 9.46. The van der Waals surface area contributed by atoms with Crippen LogP contribution in [0.4, 0.5) is 0 Å². The lowest BCUT2D eigenvalue weighted by Crippen LogP contribution is -2.54. The number of rotatable bonds is 5. The molecule has 0 amide bonds. The average molecular weight is 433 g/mol. The molecule has 4 rings (SSSR count). The molecule has 0 saturated heterocycles. The normalized spacial score (nSPS) is 47.2. The van der Waals surface area contributed by atoms with E-state index < -0.39 is 0 Å². The van der Waals surface area contributed by atoms with Crippen molar-refractivity contribution in [3.05, 3.63) is 0 Å². The van der Waals surface area contributed by atoms with Crippen LogP contribution in [0.2, 0.25) is 0 Å². The number of aliphatic hydroxyl groups excluding tert-OH is 1. The summed E-state index contributed by atoms with van der Waals surface area (Å²) in [6.45, 7) is 14.4. The number of aliphatic hydroxyl groups is 1. The molecule has 180 valence electrons. The van der Waals surface area contributed by atoms with Crippen molar-refractivity contribution in [2.45, 2.75) is 124 Å². The monoisotopic (exact) mass is 432 g/mol. The molecule has 4 saturated carbocycles. The zero-order chi connectivity index (χ0) is 22.6. The van der Waals surface area contributed by atoms with E-state index in [1.165, 1.54) is 64.2 Å². The second kappa shape index (κ2) is 8.61. The Labute approximate surface area is 193 Å². The third-order valence-corrected chi connectivity index (χ3v) is 11.6. The van der Waals surface area contributed by atoms with Gasteiger partial charge in [0.1, 0.15) is 0 Å². The van der Waals surface area contributed by atoms with Gasteiger partial charge < -0.3 is 9.84 Å². The van der Waals surface area contributed by atoms with Crippen LogP contribution in [0, 0.1) is 51.8 Å². The van der Waals surface area contributed by atoms with Gasteiger partial charge in [-0.25, -0.2) is 0 Å². The van der Waals surface area contributed by atoms with Crippen LogP contribution < -0.4 is 0 Å². The van der Waals surface area contributed by atoms with Crippen molar-refractivity contribution in [3.63, 3.8) is 0 Å². The van der Waals surface area contributed by atoms with Gasteiger partial charge in [0, 0.05) is 7.11 Å². The minimum atomic E-state index is -0.173. The summed E-state index contributed by atoms with van der Waals surface area (Å²) in [5, 5.41) is 10.6. The third-order valence-electron chi connectivity index (χ3n) is 11.6. The first-order chi connectivity index (χ1) is 14.5. The van der Waals surface area contributed by atoms with E-state index in [0.717, 1.165) is 41.9 Å². The second-order valence-corrected chi connectivity index (χ2v) is 14.0. The SMILES string of the molecule is CO[C@H]1CC[C@@]2(C)[C@H](CC[C@@H]3[C@@H]2CC[C@]2(C)[C@@H]([C@H](C)CCC(O)C(C)(C)C)CC[C@@H]32)C1. The number of ether oxygens (including phenoxy) is 1. The van der Waals surface area contributed by atoms with E-state index in [9.17, 15) is 5.11 Å². The van der Waals surface area contributed by atoms with E-state index in [4.69, 9.17) is 4.74 Å². The number of methoxy groups -OCH3 is 1. The summed E-state index contributed by atoms with van der Waals surface area (Å²) in [6, 6.07) is 0. The fourth-order valence-corrected chi connectivity index (χ4v) is 9.46. The summed E-state index contributed by atoms with van der Waals surface area (Å²) in [7, 11) is 1.92. The third kappa shape index (κ3) is 4.16. The lowest BCUT2D eigenvalue weighted by Gasteiger charge is -2.61. The van der Waals surface area contributed by atoms with Gasteiger partial charge in [-0.05, 0) is 122 Å². The maximum absolute atomic E-state index is 10.6. The van der Waals surface area contributed by atoms with E-state index in [1.807, 2.05) is 7.11 Å². The molecule has 0 bridgehead atoms. The molecule has 0 aromatic heterocycles. The topological polar surface area (TPSA) is 29.5 Å². The molecule has 31 heavy (non-hydrogen) atoms. The summed E-state index contributed by atoms with van der Waals surface area (Å²) in [4.78, 5) is 0. The molecule has 4 fully saturated rings. The highest BCUT2D eigenvalue weighted by atomic mass is 16.5. The molecule has 1 N–H and O–H groups in total. The Balaban J connectivity index is 1.44. The van der Waals surface area contributed by atoms with Gasteiger partial charge in [-0.2, -0.15) is 0 Å². The molecule has 4 aliphatic rings. The van der Waals surface area contributed by atoms with Crippen LogP contribution in [0.15, 0.2) is 0 Å². The zero-order valence-electron chi connectivity index (χ0n) is 21.8. The summed E-state index contributed by atoms with van der Waals surface area (Å²) in [6.07, 6.45) is 15.2. The van der Waals surface area contributed by atoms with Gasteiger partial charge in [0.2, 0.25) is 0 Å². The summed E-state index contributed by atoms with van der Waals surface area (Å²) >= 11 is 0. The minimum Gasteiger partial charge on any atom is -0.393 e. The van der Waals surface area contributed by atoms with Gasteiger partial charge in [-0.3, -0.25) is 0 Å². The minimum absolute atomic E-state index is 0.00972. The molecule has 4 aliphatic carbocycles. The zero-order valence-corrected chi connectivity index (χ0v) is 21.8. The van der Waals surface area contributed by atoms with E-state index in [-0.39, 0.29) is 11.5 Å². The molecule has 0 radical (unpaired) electrons. The second-order valence-electron chi connectivity index (χ2n) is 14.0. The maximum Gasteiger partial charge on any atom is 0.0588 e. The van der Waals surface area contributed by atoms with Gasteiger partial charge in [-0.15, -0.1) is 0 Å². The van der Waals surface area contributed by atoms with Crippen LogP contribution in [0.3, 0.4) is 0 Å². The number of fused-ring (bicyclic) bond motifs is 5. The first-order valence-electron chi connectivity index (χ1n) is 13.7. The largest absolute Gasteiger partial charge is 0.393 e. The van der Waals surface area contributed by atoms with Crippen LogP contribution in [0.5, 0.6) is 0 Å². The Morgan fingerprint density at radius 1 is 0.903 bits per heavy atom. The molecule has 2 nitrogen and oxygen atoms in total. The Bertz CT molecular complexity index is 623. The molecule has 0 aliphatic heterocycles. The maximum atomic E-state index is 10.6. The molecule has 0 aromatic carbocycles. The highest BCUT2D eigenvalue weighted by Gasteiger charge is 2.60. The van der Waals surface area contributed by atoms with Crippen LogP contribution in [0.1, 0.15) is 112 Å². The van der Waals surface area contributed by atoms with E-state index in [2.05, 4.69) is 41.5 Å². The standard InChI is InChI=1S/C29H52O2/c1-19(8-13-26(30)27(2,3)4)23-11-12-24-22-10-9-20-18-21(31-7)14-16-28(20,5)25(22)15-17-29(23,24)6/h19-26,30H,8-18H2,1-7H3/t19-,20-,21+,22+,23-,24+,25+,26?,28+,29-/m1/s1. The van der Waals surface area contributed by atoms with E-state index >= 15 is 0 Å². The van der Waals surface area contributed by atoms with Crippen LogP contribution in [-0.4, -0.2) is 24.4 Å². The molecule has 2 heteroatoms. The Morgan fingerprint density at radius 2 is 1.58 bits per heavy atom. The van der Waals surface area contributed by atoms with Gasteiger partial charge >= 0.3 is 0 Å². The molecule has 0 aromatic rings. The number of hydrogen-bond donors (Lipinski definition) is 1. The lowest BCUT2D eigenvalue weighted by molar-refractivity contribution is -0.133. The smallest absolute Gasteiger partial charge is 0.0588 e. The Morgan fingerprint density at radius 3 is 2.26 bits per heavy atom. The predicted octanol–water partition coefficient (Wildman–Crippen LogP) is 7.48. The first kappa shape index (κ1) is 24.1. The van der Waals surface area contributed by atoms with Crippen LogP contribution in [-0.2, 0) is 4.74 Å². The van der Waals surface area contributed by atoms with Crippen molar-refractivity contribution in [3.8, 4) is 0 Å². The fraction of sp³-hybridized carbons (Fsp3) is 1.00. The first-order valence-corrected chi connectivity index (χ1v) is 13.7. The van der Waals surface area contributed by atoms with Gasteiger partial charge in [0.15, 0.2) is 0 Å². The molecular formula is C29H52O2. The average Bonchev–Trinajstić information content (AvgIpc) is 3.07. The van der Waals surface area contributed by atoms with Crippen molar-refractivity contribution >= 4 is 0 Å². The lowest BCUT2D eigenvalue weighted by atomic mass is 9.44. The van der Waals surface area contributed by atoms with E-state index in [0.29, 0.717) is 16.9 Å². The predicted molar refractivity (Wildman–Crippen MR) is 130 cm³/mol. The van der Waals surface area contributed by atoms with Crippen molar-refractivity contribution in [2.24, 2.45) is 51.8 Å². The van der Waals surface area contributed by atoms with Crippen molar-refractivity contribution in [1.82, 2.24) is 0 Å². The highest BCUT2D eigenvalue weighted by Crippen LogP contribution is 2.68. The van der Waals surface area contributed by atoms with Gasteiger partial charge in [0.25, 0.3) is 0 Å². The Hall–Kier alpha value is -0.0800. The van der Waals surface area contributed by atoms with Crippen LogP contribution >= 0.6 is 0 Å². The van der Waals surface area contributed by atoms with Crippen molar-refractivity contribution < 1.29 is 9.84 Å². The van der Waals surface area contributed by atoms with Gasteiger partial charge in [0.05, 0.1) is 12.2 Å². The molecular weight excluding hydrogens is 380 g/mol. The van der Waals surface area contributed by atoms with Gasteiger partial charge in [-0.1, -0.05) is 41.5 Å². The summed E-state index contributed by atoms with van der Waals surface area (Å²) in [5.74, 6) is 5.37. The Kier molecular flexibility index (Phi) is 6.68. The van der Waals surface area contributed by atoms with E-state index in [1.54, 1.807) is 0 Å². The summed E-state index contributed by atoms with van der Waals surface area (Å²) < 4.78 is 5.79. The quantitative estimate of drug-likeness (QED) is 0.488.